The van der Waals surface area contributed by atoms with E-state index in [2.05, 4.69) is 36.2 Å². The summed E-state index contributed by atoms with van der Waals surface area (Å²) in [5.41, 5.74) is 0.902. The molecule has 5 nitrogen and oxygen atoms in total. The van der Waals surface area contributed by atoms with Gasteiger partial charge in [-0.15, -0.1) is 0 Å². The summed E-state index contributed by atoms with van der Waals surface area (Å²) in [5.74, 6) is 2.24. The Balaban J connectivity index is 2.17. The summed E-state index contributed by atoms with van der Waals surface area (Å²) in [7, 11) is 0. The van der Waals surface area contributed by atoms with Gasteiger partial charge in [-0.05, 0) is 32.5 Å². The van der Waals surface area contributed by atoms with Gasteiger partial charge >= 0.3 is 0 Å². The Labute approximate surface area is 125 Å². The van der Waals surface area contributed by atoms with Gasteiger partial charge in [0.05, 0.1) is 12.5 Å². The second-order valence-electron chi connectivity index (χ2n) is 5.05. The van der Waals surface area contributed by atoms with Gasteiger partial charge in [0.1, 0.15) is 5.75 Å². The van der Waals surface area contributed by atoms with Crippen LogP contribution in [0.25, 0.3) is 11.4 Å². The highest BCUT2D eigenvalue weighted by molar-refractivity contribution is 5.56. The number of nitrogens with one attached hydrogen (secondary N) is 1. The van der Waals surface area contributed by atoms with Crippen LogP contribution >= 0.6 is 0 Å². The number of aromatic nitrogens is 2. The van der Waals surface area contributed by atoms with Crippen LogP contribution in [0.4, 0.5) is 0 Å². The molecular weight excluding hydrogens is 266 g/mol. The Morgan fingerprint density at radius 1 is 1.29 bits per heavy atom. The van der Waals surface area contributed by atoms with Crippen molar-refractivity contribution < 1.29 is 9.26 Å². The van der Waals surface area contributed by atoms with Crippen molar-refractivity contribution in [3.63, 3.8) is 0 Å². The van der Waals surface area contributed by atoms with E-state index < -0.39 is 0 Å². The fourth-order valence-electron chi connectivity index (χ4n) is 2.14. The lowest BCUT2D eigenvalue weighted by Gasteiger charge is -2.16. The number of benzene rings is 1. The van der Waals surface area contributed by atoms with Crippen LogP contribution in [0, 0.1) is 0 Å². The number of nitrogens with zero attached hydrogens (tertiary/aromatic N) is 2. The molecule has 2 unspecified atom stereocenters. The molecule has 21 heavy (non-hydrogen) atoms. The zero-order valence-corrected chi connectivity index (χ0v) is 13.1. The first kappa shape index (κ1) is 15.5. The first-order valence-electron chi connectivity index (χ1n) is 7.45. The van der Waals surface area contributed by atoms with E-state index in [1.165, 1.54) is 0 Å². The minimum atomic E-state index is 0.168. The fraction of sp³-hybridized carbons (Fsp3) is 0.500. The maximum absolute atomic E-state index is 5.50. The van der Waals surface area contributed by atoms with Crippen LogP contribution in [0.15, 0.2) is 28.8 Å². The summed E-state index contributed by atoms with van der Waals surface area (Å²) in [6.45, 7) is 9.81. The molecule has 0 radical (unpaired) electrons. The van der Waals surface area contributed by atoms with E-state index in [1.54, 1.807) is 0 Å². The van der Waals surface area contributed by atoms with E-state index >= 15 is 0 Å². The molecule has 114 valence electrons. The quantitative estimate of drug-likeness (QED) is 0.848. The molecule has 0 aliphatic carbocycles. The zero-order valence-electron chi connectivity index (χ0n) is 13.1. The fourth-order valence-corrected chi connectivity index (χ4v) is 2.14. The van der Waals surface area contributed by atoms with Crippen molar-refractivity contribution in [1.29, 1.82) is 0 Å². The highest BCUT2D eigenvalue weighted by Gasteiger charge is 2.20. The van der Waals surface area contributed by atoms with E-state index in [4.69, 9.17) is 9.26 Å². The average Bonchev–Trinajstić information content (AvgIpc) is 2.97. The van der Waals surface area contributed by atoms with E-state index in [9.17, 15) is 0 Å². The highest BCUT2D eigenvalue weighted by atomic mass is 16.5. The summed E-state index contributed by atoms with van der Waals surface area (Å²) in [5, 5.41) is 7.45. The smallest absolute Gasteiger partial charge is 0.231 e. The standard InChI is InChI=1S/C16H23N3O2/c1-5-17-12(4)11(3)16-18-15(19-21-16)13-8-7-9-14(10-13)20-6-2/h7-12,17H,5-6H2,1-4H3. The Kier molecular flexibility index (Phi) is 5.33. The number of hydrogen-bond donors (Lipinski definition) is 1. The van der Waals surface area contributed by atoms with Crippen molar-refractivity contribution in [1.82, 2.24) is 15.5 Å². The van der Waals surface area contributed by atoms with E-state index in [0.29, 0.717) is 18.3 Å². The minimum Gasteiger partial charge on any atom is -0.494 e. The van der Waals surface area contributed by atoms with E-state index in [-0.39, 0.29) is 12.0 Å². The van der Waals surface area contributed by atoms with Crippen molar-refractivity contribution >= 4 is 0 Å². The molecule has 5 heteroatoms. The van der Waals surface area contributed by atoms with Gasteiger partial charge in [-0.25, -0.2) is 0 Å². The van der Waals surface area contributed by atoms with Crippen LogP contribution in [0.2, 0.25) is 0 Å². The first-order chi connectivity index (χ1) is 10.2. The van der Waals surface area contributed by atoms with Gasteiger partial charge in [0.15, 0.2) is 0 Å². The predicted octanol–water partition coefficient (Wildman–Crippen LogP) is 3.24. The van der Waals surface area contributed by atoms with Gasteiger partial charge in [-0.3, -0.25) is 0 Å². The van der Waals surface area contributed by atoms with Gasteiger partial charge in [0, 0.05) is 11.6 Å². The molecule has 0 aliphatic heterocycles. The van der Waals surface area contributed by atoms with E-state index in [0.717, 1.165) is 17.9 Å². The molecule has 0 aliphatic rings. The minimum absolute atomic E-state index is 0.168. The Hall–Kier alpha value is -1.88. The maximum atomic E-state index is 5.50. The average molecular weight is 289 g/mol. The molecule has 0 spiro atoms. The summed E-state index contributed by atoms with van der Waals surface area (Å²) < 4.78 is 10.9. The molecule has 2 aromatic rings. The molecule has 0 fully saturated rings. The van der Waals surface area contributed by atoms with Crippen LogP contribution in [0.3, 0.4) is 0 Å². The van der Waals surface area contributed by atoms with Crippen LogP contribution < -0.4 is 10.1 Å². The summed E-state index contributed by atoms with van der Waals surface area (Å²) in [4.78, 5) is 4.51. The molecule has 1 aromatic carbocycles. The second-order valence-corrected chi connectivity index (χ2v) is 5.05. The molecule has 0 saturated heterocycles. The maximum Gasteiger partial charge on any atom is 0.231 e. The Morgan fingerprint density at radius 2 is 2.10 bits per heavy atom. The number of likely N-dealkylation sites (N-methyl/N-ethyl adjacent to an activating group) is 1. The topological polar surface area (TPSA) is 60.2 Å². The largest absolute Gasteiger partial charge is 0.494 e. The van der Waals surface area contributed by atoms with Gasteiger partial charge in [0.25, 0.3) is 0 Å². The Morgan fingerprint density at radius 3 is 2.81 bits per heavy atom. The third-order valence-electron chi connectivity index (χ3n) is 3.51. The monoisotopic (exact) mass is 289 g/mol. The number of hydrogen-bond acceptors (Lipinski definition) is 5. The molecule has 1 aromatic heterocycles. The Bertz CT molecular complexity index is 568. The van der Waals surface area contributed by atoms with Crippen LogP contribution in [0.1, 0.15) is 39.5 Å². The van der Waals surface area contributed by atoms with Crippen molar-refractivity contribution in [3.05, 3.63) is 30.2 Å². The summed E-state index contributed by atoms with van der Waals surface area (Å²) in [6, 6.07) is 8.02. The van der Waals surface area contributed by atoms with Gasteiger partial charge in [-0.2, -0.15) is 4.98 Å². The lowest BCUT2D eigenvalue weighted by atomic mass is 10.0. The van der Waals surface area contributed by atoms with Gasteiger partial charge in [-0.1, -0.05) is 31.1 Å². The zero-order chi connectivity index (χ0) is 15.2. The molecule has 0 bridgehead atoms. The highest BCUT2D eigenvalue weighted by Crippen LogP contribution is 2.24. The van der Waals surface area contributed by atoms with E-state index in [1.807, 2.05) is 31.2 Å². The van der Waals surface area contributed by atoms with Crippen LogP contribution in [-0.2, 0) is 0 Å². The van der Waals surface area contributed by atoms with Gasteiger partial charge < -0.3 is 14.6 Å². The lowest BCUT2D eigenvalue weighted by Crippen LogP contribution is -2.30. The molecule has 1 heterocycles. The summed E-state index contributed by atoms with van der Waals surface area (Å²) >= 11 is 0. The SMILES string of the molecule is CCNC(C)C(C)c1nc(-c2cccc(OCC)c2)no1. The number of ether oxygens (including phenoxy) is 1. The number of rotatable bonds is 7. The molecule has 1 N–H and O–H groups in total. The molecule has 2 atom stereocenters. The first-order valence-corrected chi connectivity index (χ1v) is 7.45. The predicted molar refractivity (Wildman–Crippen MR) is 82.5 cm³/mol. The second kappa shape index (κ2) is 7.22. The van der Waals surface area contributed by atoms with Crippen molar-refractivity contribution in [2.24, 2.45) is 0 Å². The third-order valence-corrected chi connectivity index (χ3v) is 3.51. The molecular formula is C16H23N3O2. The normalized spacial score (nSPS) is 13.9. The molecule has 2 rings (SSSR count). The van der Waals surface area contributed by atoms with Gasteiger partial charge in [0.2, 0.25) is 11.7 Å². The van der Waals surface area contributed by atoms with Crippen molar-refractivity contribution in [2.75, 3.05) is 13.2 Å². The third kappa shape index (κ3) is 3.82. The molecule has 0 amide bonds. The van der Waals surface area contributed by atoms with Crippen LogP contribution in [-0.4, -0.2) is 29.3 Å². The van der Waals surface area contributed by atoms with Crippen LogP contribution in [0.5, 0.6) is 5.75 Å². The lowest BCUT2D eigenvalue weighted by molar-refractivity contribution is 0.332. The summed E-state index contributed by atoms with van der Waals surface area (Å²) in [6.07, 6.45) is 0. The van der Waals surface area contributed by atoms with Crippen molar-refractivity contribution in [3.8, 4) is 17.1 Å². The van der Waals surface area contributed by atoms with Crippen molar-refractivity contribution in [2.45, 2.75) is 39.7 Å². The molecule has 0 saturated carbocycles.